The lowest BCUT2D eigenvalue weighted by molar-refractivity contribution is 0.182. The molecule has 2 rings (SSSR count). The lowest BCUT2D eigenvalue weighted by Gasteiger charge is -2.18. The van der Waals surface area contributed by atoms with Gasteiger partial charge in [-0.05, 0) is 31.7 Å². The van der Waals surface area contributed by atoms with Crippen molar-refractivity contribution in [2.75, 3.05) is 0 Å². The number of amidine groups is 1. The number of hydrogen-bond donors (Lipinski definition) is 2. The third-order valence-corrected chi connectivity index (χ3v) is 3.26. The predicted octanol–water partition coefficient (Wildman–Crippen LogP) is 2.28. The van der Waals surface area contributed by atoms with Crippen LogP contribution in [0.1, 0.15) is 44.1 Å². The summed E-state index contributed by atoms with van der Waals surface area (Å²) in [7, 11) is 0. The highest BCUT2D eigenvalue weighted by molar-refractivity contribution is 5.99. The number of hydrogen-bond acceptors (Lipinski definition) is 4. The molecule has 0 spiro atoms. The van der Waals surface area contributed by atoms with Gasteiger partial charge in [-0.3, -0.25) is 4.98 Å². The fourth-order valence-electron chi connectivity index (χ4n) is 2.28. The van der Waals surface area contributed by atoms with Crippen molar-refractivity contribution in [1.82, 2.24) is 4.98 Å². The molecule has 18 heavy (non-hydrogen) atoms. The molecule has 1 heterocycles. The normalized spacial score (nSPS) is 18.3. The van der Waals surface area contributed by atoms with E-state index in [0.29, 0.717) is 11.3 Å². The van der Waals surface area contributed by atoms with Crippen LogP contribution in [-0.2, 0) is 0 Å². The van der Waals surface area contributed by atoms with Gasteiger partial charge >= 0.3 is 0 Å². The van der Waals surface area contributed by atoms with Gasteiger partial charge in [-0.25, -0.2) is 0 Å². The van der Waals surface area contributed by atoms with Gasteiger partial charge in [0.05, 0.1) is 17.9 Å². The second kappa shape index (κ2) is 6.23. The molecule has 0 aliphatic heterocycles. The van der Waals surface area contributed by atoms with Gasteiger partial charge in [0, 0.05) is 6.20 Å². The van der Waals surface area contributed by atoms with Crippen LogP contribution in [0.25, 0.3) is 0 Å². The van der Waals surface area contributed by atoms with Crippen LogP contribution in [0, 0.1) is 0 Å². The molecule has 5 nitrogen and oxygen atoms in total. The predicted molar refractivity (Wildman–Crippen MR) is 68.9 cm³/mol. The Morgan fingerprint density at radius 2 is 2.06 bits per heavy atom. The highest BCUT2D eigenvalue weighted by Gasteiger charge is 2.16. The zero-order chi connectivity index (χ0) is 12.8. The van der Waals surface area contributed by atoms with Crippen LogP contribution < -0.4 is 10.5 Å². The van der Waals surface area contributed by atoms with Crippen molar-refractivity contribution in [3.05, 3.63) is 24.0 Å². The SMILES string of the molecule is N/C(=N/O)c1ccncc1OC1CCCCCC1. The van der Waals surface area contributed by atoms with Gasteiger partial charge in [0.15, 0.2) is 5.84 Å². The van der Waals surface area contributed by atoms with Gasteiger partial charge in [-0.2, -0.15) is 0 Å². The second-order valence-corrected chi connectivity index (χ2v) is 4.59. The Kier molecular flexibility index (Phi) is 4.39. The van der Waals surface area contributed by atoms with Crippen molar-refractivity contribution in [1.29, 1.82) is 0 Å². The minimum absolute atomic E-state index is 0.0565. The molecule has 98 valence electrons. The molecule has 1 aliphatic carbocycles. The maximum absolute atomic E-state index is 8.75. The molecule has 1 fully saturated rings. The number of aromatic nitrogens is 1. The molecule has 1 aromatic rings. The molecule has 0 saturated heterocycles. The Labute approximate surface area is 107 Å². The molecular formula is C13H19N3O2. The van der Waals surface area contributed by atoms with Crippen molar-refractivity contribution in [3.63, 3.8) is 0 Å². The highest BCUT2D eigenvalue weighted by atomic mass is 16.5. The second-order valence-electron chi connectivity index (χ2n) is 4.59. The van der Waals surface area contributed by atoms with Crippen molar-refractivity contribution in [2.24, 2.45) is 10.9 Å². The molecule has 3 N–H and O–H groups in total. The average Bonchev–Trinajstić information content (AvgIpc) is 2.67. The van der Waals surface area contributed by atoms with Crippen LogP contribution >= 0.6 is 0 Å². The fraction of sp³-hybridized carbons (Fsp3) is 0.538. The number of oxime groups is 1. The van der Waals surface area contributed by atoms with E-state index < -0.39 is 0 Å². The van der Waals surface area contributed by atoms with Crippen LogP contribution in [0.3, 0.4) is 0 Å². The van der Waals surface area contributed by atoms with E-state index in [4.69, 9.17) is 15.7 Å². The molecule has 0 amide bonds. The van der Waals surface area contributed by atoms with Gasteiger partial charge in [0.2, 0.25) is 0 Å². The Balaban J connectivity index is 2.12. The maximum atomic E-state index is 8.75. The van der Waals surface area contributed by atoms with E-state index in [-0.39, 0.29) is 11.9 Å². The first-order chi connectivity index (χ1) is 8.81. The average molecular weight is 249 g/mol. The first-order valence-electron chi connectivity index (χ1n) is 6.40. The van der Waals surface area contributed by atoms with Gasteiger partial charge in [-0.1, -0.05) is 18.0 Å². The third-order valence-electron chi connectivity index (χ3n) is 3.26. The van der Waals surface area contributed by atoms with E-state index in [1.165, 1.54) is 25.7 Å². The first-order valence-corrected chi connectivity index (χ1v) is 6.40. The van der Waals surface area contributed by atoms with Gasteiger partial charge in [0.25, 0.3) is 0 Å². The summed E-state index contributed by atoms with van der Waals surface area (Å²) in [6, 6.07) is 1.70. The Morgan fingerprint density at radius 1 is 1.33 bits per heavy atom. The number of nitrogens with zero attached hydrogens (tertiary/aromatic N) is 2. The summed E-state index contributed by atoms with van der Waals surface area (Å²) in [6.07, 6.45) is 10.5. The third kappa shape index (κ3) is 3.12. The minimum Gasteiger partial charge on any atom is -0.488 e. The topological polar surface area (TPSA) is 80.7 Å². The van der Waals surface area contributed by atoms with Crippen molar-refractivity contribution < 1.29 is 9.94 Å². The molecule has 0 aromatic carbocycles. The standard InChI is InChI=1S/C13H19N3O2/c14-13(16-17)11-7-8-15-9-12(11)18-10-5-3-1-2-4-6-10/h7-10,17H,1-6H2,(H2,14,16). The number of rotatable bonds is 3. The summed E-state index contributed by atoms with van der Waals surface area (Å²) < 4.78 is 5.95. The van der Waals surface area contributed by atoms with E-state index in [1.54, 1.807) is 18.5 Å². The summed E-state index contributed by atoms with van der Waals surface area (Å²) in [5.41, 5.74) is 6.22. The summed E-state index contributed by atoms with van der Waals surface area (Å²) in [6.45, 7) is 0. The molecule has 0 atom stereocenters. The quantitative estimate of drug-likeness (QED) is 0.283. The highest BCUT2D eigenvalue weighted by Crippen LogP contribution is 2.24. The van der Waals surface area contributed by atoms with Crippen LogP contribution in [-0.4, -0.2) is 22.1 Å². The molecule has 0 unspecified atom stereocenters. The summed E-state index contributed by atoms with van der Waals surface area (Å²) in [5.74, 6) is 0.653. The van der Waals surface area contributed by atoms with Crippen molar-refractivity contribution >= 4 is 5.84 Å². The smallest absolute Gasteiger partial charge is 0.173 e. The molecule has 5 heteroatoms. The van der Waals surface area contributed by atoms with E-state index in [2.05, 4.69) is 10.1 Å². The summed E-state index contributed by atoms with van der Waals surface area (Å²) >= 11 is 0. The molecule has 0 bridgehead atoms. The van der Waals surface area contributed by atoms with E-state index >= 15 is 0 Å². The Morgan fingerprint density at radius 3 is 2.72 bits per heavy atom. The zero-order valence-electron chi connectivity index (χ0n) is 10.4. The molecule has 0 radical (unpaired) electrons. The number of ether oxygens (including phenoxy) is 1. The maximum Gasteiger partial charge on any atom is 0.173 e. The Bertz CT molecular complexity index is 412. The van der Waals surface area contributed by atoms with E-state index in [0.717, 1.165) is 12.8 Å². The molecule has 1 aliphatic rings. The van der Waals surface area contributed by atoms with E-state index in [1.807, 2.05) is 0 Å². The van der Waals surface area contributed by atoms with Crippen LogP contribution in [0.5, 0.6) is 5.75 Å². The molecule has 1 saturated carbocycles. The molecule has 1 aromatic heterocycles. The Hall–Kier alpha value is -1.78. The monoisotopic (exact) mass is 249 g/mol. The number of nitrogens with two attached hydrogens (primary N) is 1. The summed E-state index contributed by atoms with van der Waals surface area (Å²) in [5, 5.41) is 11.8. The van der Waals surface area contributed by atoms with Crippen molar-refractivity contribution in [3.8, 4) is 5.75 Å². The molecular weight excluding hydrogens is 230 g/mol. The van der Waals surface area contributed by atoms with Gasteiger partial charge in [-0.15, -0.1) is 0 Å². The minimum atomic E-state index is 0.0565. The summed E-state index contributed by atoms with van der Waals surface area (Å²) in [4.78, 5) is 4.03. The lowest BCUT2D eigenvalue weighted by Crippen LogP contribution is -2.20. The van der Waals surface area contributed by atoms with Crippen LogP contribution in [0.2, 0.25) is 0 Å². The van der Waals surface area contributed by atoms with Gasteiger partial charge < -0.3 is 15.7 Å². The van der Waals surface area contributed by atoms with Crippen molar-refractivity contribution in [2.45, 2.75) is 44.6 Å². The largest absolute Gasteiger partial charge is 0.488 e. The van der Waals surface area contributed by atoms with Gasteiger partial charge in [0.1, 0.15) is 5.75 Å². The zero-order valence-corrected chi connectivity index (χ0v) is 10.4. The lowest BCUT2D eigenvalue weighted by atomic mass is 10.1. The first kappa shape index (κ1) is 12.7. The van der Waals surface area contributed by atoms with Crippen LogP contribution in [0.15, 0.2) is 23.6 Å². The fourth-order valence-corrected chi connectivity index (χ4v) is 2.28. The number of pyridine rings is 1. The van der Waals surface area contributed by atoms with E-state index in [9.17, 15) is 0 Å². The van der Waals surface area contributed by atoms with Crippen LogP contribution in [0.4, 0.5) is 0 Å².